The summed E-state index contributed by atoms with van der Waals surface area (Å²) in [5.41, 5.74) is -0.618. The highest BCUT2D eigenvalue weighted by atomic mass is 79.9. The van der Waals surface area contributed by atoms with E-state index in [1.54, 1.807) is 24.3 Å². The van der Waals surface area contributed by atoms with E-state index in [4.69, 9.17) is 5.11 Å². The number of carbonyl (C=O) groups is 3. The lowest BCUT2D eigenvalue weighted by Gasteiger charge is -2.19. The van der Waals surface area contributed by atoms with Crippen LogP contribution in [0.2, 0.25) is 0 Å². The molecule has 0 unspecified atom stereocenters. The van der Waals surface area contributed by atoms with Crippen molar-refractivity contribution >= 4 is 33.7 Å². The zero-order valence-electron chi connectivity index (χ0n) is 11.8. The first kappa shape index (κ1) is 17.2. The van der Waals surface area contributed by atoms with E-state index in [1.807, 2.05) is 0 Å². The van der Waals surface area contributed by atoms with E-state index in [0.717, 1.165) is 4.47 Å². The van der Waals surface area contributed by atoms with Crippen LogP contribution in [0.25, 0.3) is 0 Å². The van der Waals surface area contributed by atoms with Crippen LogP contribution in [-0.2, 0) is 9.59 Å². The third-order valence-electron chi connectivity index (χ3n) is 2.80. The maximum Gasteiger partial charge on any atom is 0.310 e. The van der Waals surface area contributed by atoms with Gasteiger partial charge in [0.15, 0.2) is 0 Å². The minimum Gasteiger partial charge on any atom is -0.481 e. The van der Waals surface area contributed by atoms with Crippen molar-refractivity contribution in [3.05, 3.63) is 34.3 Å². The molecule has 0 aliphatic heterocycles. The molecule has 0 fully saturated rings. The third-order valence-corrected chi connectivity index (χ3v) is 3.30. The molecule has 1 aromatic carbocycles. The molecule has 1 aromatic rings. The van der Waals surface area contributed by atoms with Crippen molar-refractivity contribution in [3.8, 4) is 0 Å². The summed E-state index contributed by atoms with van der Waals surface area (Å²) >= 11 is 3.26. The number of carboxylic acids is 1. The number of benzene rings is 1. The summed E-state index contributed by atoms with van der Waals surface area (Å²) in [5, 5.41) is 13.9. The van der Waals surface area contributed by atoms with E-state index in [1.165, 1.54) is 13.8 Å². The Kier molecular flexibility index (Phi) is 5.90. The van der Waals surface area contributed by atoms with Gasteiger partial charge >= 0.3 is 5.97 Å². The standard InChI is InChI=1S/C14H17BrN2O4/c1-14(2,13(20)21)8-17-11(18)7-16-12(19)9-4-3-5-10(15)6-9/h3-6H,7-8H2,1-2H3,(H,16,19)(H,17,18)(H,20,21). The van der Waals surface area contributed by atoms with Crippen LogP contribution in [0.3, 0.4) is 0 Å². The number of hydrogen-bond acceptors (Lipinski definition) is 3. The van der Waals surface area contributed by atoms with Crippen molar-refractivity contribution in [3.63, 3.8) is 0 Å². The second-order valence-corrected chi connectivity index (χ2v) is 6.07. The van der Waals surface area contributed by atoms with Crippen molar-refractivity contribution in [2.45, 2.75) is 13.8 Å². The number of nitrogens with one attached hydrogen (secondary N) is 2. The number of aliphatic carboxylic acids is 1. The molecule has 2 amide bonds. The summed E-state index contributed by atoms with van der Waals surface area (Å²) in [7, 11) is 0. The van der Waals surface area contributed by atoms with Crippen molar-refractivity contribution in [1.82, 2.24) is 10.6 Å². The van der Waals surface area contributed by atoms with Crippen LogP contribution in [0.5, 0.6) is 0 Å². The second-order valence-electron chi connectivity index (χ2n) is 5.16. The molecule has 0 heterocycles. The molecule has 0 saturated carbocycles. The zero-order chi connectivity index (χ0) is 16.0. The van der Waals surface area contributed by atoms with Gasteiger partial charge in [0.1, 0.15) is 0 Å². The molecule has 114 valence electrons. The van der Waals surface area contributed by atoms with Crippen molar-refractivity contribution in [2.75, 3.05) is 13.1 Å². The molecule has 0 aromatic heterocycles. The number of rotatable bonds is 6. The molecular formula is C14H17BrN2O4. The molecule has 6 nitrogen and oxygen atoms in total. The number of carbonyl (C=O) groups excluding carboxylic acids is 2. The summed E-state index contributed by atoms with van der Waals surface area (Å²) in [6.07, 6.45) is 0. The van der Waals surface area contributed by atoms with E-state index in [2.05, 4.69) is 26.6 Å². The van der Waals surface area contributed by atoms with Gasteiger partial charge in [-0.15, -0.1) is 0 Å². The molecule has 0 aliphatic rings. The molecule has 1 rings (SSSR count). The predicted molar refractivity (Wildman–Crippen MR) is 80.9 cm³/mol. The van der Waals surface area contributed by atoms with Crippen LogP contribution in [0.1, 0.15) is 24.2 Å². The van der Waals surface area contributed by atoms with E-state index in [-0.39, 0.29) is 19.0 Å². The van der Waals surface area contributed by atoms with Gasteiger partial charge in [0.25, 0.3) is 5.91 Å². The van der Waals surface area contributed by atoms with Gasteiger partial charge in [-0.25, -0.2) is 0 Å². The van der Waals surface area contributed by atoms with Gasteiger partial charge in [0.05, 0.1) is 12.0 Å². The Labute approximate surface area is 131 Å². The van der Waals surface area contributed by atoms with Crippen molar-refractivity contribution in [2.24, 2.45) is 5.41 Å². The van der Waals surface area contributed by atoms with Gasteiger partial charge in [-0.2, -0.15) is 0 Å². The zero-order valence-corrected chi connectivity index (χ0v) is 13.4. The van der Waals surface area contributed by atoms with Crippen molar-refractivity contribution < 1.29 is 19.5 Å². The van der Waals surface area contributed by atoms with Gasteiger partial charge in [-0.3, -0.25) is 14.4 Å². The van der Waals surface area contributed by atoms with E-state index >= 15 is 0 Å². The average Bonchev–Trinajstić information content (AvgIpc) is 2.42. The Hall–Kier alpha value is -1.89. The molecule has 0 aliphatic carbocycles. The average molecular weight is 357 g/mol. The fraction of sp³-hybridized carbons (Fsp3) is 0.357. The van der Waals surface area contributed by atoms with Gasteiger partial charge < -0.3 is 15.7 Å². The third kappa shape index (κ3) is 5.55. The number of amides is 2. The van der Waals surface area contributed by atoms with Gasteiger partial charge in [0, 0.05) is 16.6 Å². The largest absolute Gasteiger partial charge is 0.481 e. The first-order valence-corrected chi connectivity index (χ1v) is 7.05. The minimum atomic E-state index is -1.05. The summed E-state index contributed by atoms with van der Waals surface area (Å²) in [6.45, 7) is 2.81. The number of hydrogen-bond donors (Lipinski definition) is 3. The fourth-order valence-corrected chi connectivity index (χ4v) is 1.75. The molecule has 3 N–H and O–H groups in total. The topological polar surface area (TPSA) is 95.5 Å². The molecular weight excluding hydrogens is 340 g/mol. The maximum absolute atomic E-state index is 11.8. The second kappa shape index (κ2) is 7.21. The quantitative estimate of drug-likeness (QED) is 0.717. The minimum absolute atomic E-state index is 0.00603. The molecule has 0 spiro atoms. The first-order valence-electron chi connectivity index (χ1n) is 6.26. The molecule has 0 saturated heterocycles. The Morgan fingerprint density at radius 2 is 1.90 bits per heavy atom. The van der Waals surface area contributed by atoms with Crippen molar-refractivity contribution in [1.29, 1.82) is 0 Å². The Balaban J connectivity index is 2.43. The smallest absolute Gasteiger partial charge is 0.310 e. The SMILES string of the molecule is CC(C)(CNC(=O)CNC(=O)c1cccc(Br)c1)C(=O)O. The lowest BCUT2D eigenvalue weighted by atomic mass is 9.94. The van der Waals surface area contributed by atoms with Crippen LogP contribution < -0.4 is 10.6 Å². The summed E-state index contributed by atoms with van der Waals surface area (Å²) in [4.78, 5) is 34.3. The lowest BCUT2D eigenvalue weighted by molar-refractivity contribution is -0.146. The van der Waals surface area contributed by atoms with Crippen LogP contribution in [0.4, 0.5) is 0 Å². The molecule has 0 bridgehead atoms. The summed E-state index contributed by atoms with van der Waals surface area (Å²) < 4.78 is 0.766. The molecule has 0 radical (unpaired) electrons. The molecule has 21 heavy (non-hydrogen) atoms. The van der Waals surface area contributed by atoms with Crippen LogP contribution in [0, 0.1) is 5.41 Å². The Morgan fingerprint density at radius 1 is 1.24 bits per heavy atom. The molecule has 0 atom stereocenters. The van der Waals surface area contributed by atoms with Crippen LogP contribution >= 0.6 is 15.9 Å². The fourth-order valence-electron chi connectivity index (χ4n) is 1.35. The first-order chi connectivity index (χ1) is 9.72. The van der Waals surface area contributed by atoms with E-state index in [0.29, 0.717) is 5.56 Å². The monoisotopic (exact) mass is 356 g/mol. The van der Waals surface area contributed by atoms with Crippen LogP contribution in [0.15, 0.2) is 28.7 Å². The van der Waals surface area contributed by atoms with Gasteiger partial charge in [-0.1, -0.05) is 22.0 Å². The van der Waals surface area contributed by atoms with Gasteiger partial charge in [-0.05, 0) is 32.0 Å². The summed E-state index contributed by atoms with van der Waals surface area (Å²) in [5.74, 6) is -1.81. The lowest BCUT2D eigenvalue weighted by Crippen LogP contribution is -2.43. The van der Waals surface area contributed by atoms with E-state index < -0.39 is 17.3 Å². The maximum atomic E-state index is 11.8. The highest BCUT2D eigenvalue weighted by Gasteiger charge is 2.27. The Morgan fingerprint density at radius 3 is 2.48 bits per heavy atom. The predicted octanol–water partition coefficient (Wildman–Crippen LogP) is 1.41. The summed E-state index contributed by atoms with van der Waals surface area (Å²) in [6, 6.07) is 6.78. The highest BCUT2D eigenvalue weighted by molar-refractivity contribution is 9.10. The number of halogens is 1. The van der Waals surface area contributed by atoms with Gasteiger partial charge in [0.2, 0.25) is 5.91 Å². The van der Waals surface area contributed by atoms with Crippen LogP contribution in [-0.4, -0.2) is 36.0 Å². The Bertz CT molecular complexity index is 558. The number of carboxylic acid groups (broad SMARTS) is 1. The molecule has 7 heteroatoms. The highest BCUT2D eigenvalue weighted by Crippen LogP contribution is 2.13. The normalized spacial score (nSPS) is 10.8. The van der Waals surface area contributed by atoms with E-state index in [9.17, 15) is 14.4 Å².